The molecule has 0 aliphatic rings. The number of anilines is 1. The highest BCUT2D eigenvalue weighted by atomic mass is 79.9. The lowest BCUT2D eigenvalue weighted by molar-refractivity contribution is 0.316. The van der Waals surface area contributed by atoms with Gasteiger partial charge in [-0.25, -0.2) is 8.42 Å². The van der Waals surface area contributed by atoms with Crippen LogP contribution < -0.4 is 5.73 Å². The van der Waals surface area contributed by atoms with Crippen LogP contribution in [-0.4, -0.2) is 25.8 Å². The largest absolute Gasteiger partial charge is 0.398 e. The molecule has 4 nitrogen and oxygen atoms in total. The van der Waals surface area contributed by atoms with Gasteiger partial charge < -0.3 is 5.73 Å². The van der Waals surface area contributed by atoms with Gasteiger partial charge in [0.05, 0.1) is 5.69 Å². The van der Waals surface area contributed by atoms with E-state index in [1.807, 2.05) is 20.8 Å². The van der Waals surface area contributed by atoms with Crippen LogP contribution in [0.25, 0.3) is 0 Å². The number of rotatable bonds is 4. The Labute approximate surface area is 117 Å². The van der Waals surface area contributed by atoms with E-state index in [1.165, 1.54) is 10.4 Å². The first-order valence-electron chi connectivity index (χ1n) is 5.71. The molecule has 1 atom stereocenters. The van der Waals surface area contributed by atoms with Crippen LogP contribution in [0.5, 0.6) is 0 Å². The van der Waals surface area contributed by atoms with Gasteiger partial charge in [0.15, 0.2) is 0 Å². The van der Waals surface area contributed by atoms with Gasteiger partial charge in [-0.3, -0.25) is 0 Å². The van der Waals surface area contributed by atoms with E-state index in [0.29, 0.717) is 4.47 Å². The second kappa shape index (κ2) is 5.59. The molecule has 2 N–H and O–H groups in total. The topological polar surface area (TPSA) is 63.4 Å². The van der Waals surface area contributed by atoms with Crippen molar-refractivity contribution < 1.29 is 8.42 Å². The Morgan fingerprint density at radius 1 is 1.28 bits per heavy atom. The molecule has 18 heavy (non-hydrogen) atoms. The maximum absolute atomic E-state index is 12.5. The van der Waals surface area contributed by atoms with Gasteiger partial charge in [0, 0.05) is 17.6 Å². The second-order valence-corrected chi connectivity index (χ2v) is 7.57. The monoisotopic (exact) mass is 334 g/mol. The van der Waals surface area contributed by atoms with Crippen molar-refractivity contribution in [1.82, 2.24) is 4.31 Å². The first-order valence-corrected chi connectivity index (χ1v) is 7.94. The highest BCUT2D eigenvalue weighted by Crippen LogP contribution is 2.27. The molecule has 0 aliphatic heterocycles. The van der Waals surface area contributed by atoms with Crippen molar-refractivity contribution in [2.75, 3.05) is 12.8 Å². The van der Waals surface area contributed by atoms with Gasteiger partial charge in [0.1, 0.15) is 4.90 Å². The van der Waals surface area contributed by atoms with Crippen LogP contribution in [0.15, 0.2) is 27.6 Å². The van der Waals surface area contributed by atoms with Gasteiger partial charge in [-0.05, 0) is 31.0 Å². The second-order valence-electron chi connectivity index (χ2n) is 4.69. The Hall–Kier alpha value is -0.590. The molecule has 1 aromatic rings. The van der Waals surface area contributed by atoms with Gasteiger partial charge in [-0.2, -0.15) is 4.31 Å². The Morgan fingerprint density at radius 3 is 2.33 bits per heavy atom. The molecule has 1 unspecified atom stereocenters. The predicted octanol–water partition coefficient (Wildman–Crippen LogP) is 2.70. The maximum atomic E-state index is 12.5. The first-order chi connectivity index (χ1) is 8.17. The first kappa shape index (κ1) is 15.5. The molecule has 1 aromatic carbocycles. The molecule has 0 amide bonds. The molecule has 0 heterocycles. The van der Waals surface area contributed by atoms with Crippen LogP contribution >= 0.6 is 15.9 Å². The van der Waals surface area contributed by atoms with Gasteiger partial charge in [0.25, 0.3) is 0 Å². The lowest BCUT2D eigenvalue weighted by Gasteiger charge is -2.27. The fraction of sp³-hybridized carbons (Fsp3) is 0.500. The van der Waals surface area contributed by atoms with Crippen molar-refractivity contribution in [1.29, 1.82) is 0 Å². The summed E-state index contributed by atoms with van der Waals surface area (Å²) in [4.78, 5) is 0.145. The number of hydrogen-bond acceptors (Lipinski definition) is 3. The van der Waals surface area contributed by atoms with E-state index in [0.717, 1.165) is 0 Å². The Kier molecular flexibility index (Phi) is 4.80. The summed E-state index contributed by atoms with van der Waals surface area (Å²) in [5, 5.41) is 0. The summed E-state index contributed by atoms with van der Waals surface area (Å²) in [6.07, 6.45) is 0. The van der Waals surface area contributed by atoms with Crippen LogP contribution in [0, 0.1) is 5.92 Å². The Morgan fingerprint density at radius 2 is 1.83 bits per heavy atom. The van der Waals surface area contributed by atoms with Crippen LogP contribution in [0.1, 0.15) is 20.8 Å². The number of sulfonamides is 1. The zero-order valence-electron chi connectivity index (χ0n) is 11.0. The van der Waals surface area contributed by atoms with E-state index in [-0.39, 0.29) is 22.5 Å². The highest BCUT2D eigenvalue weighted by molar-refractivity contribution is 9.10. The summed E-state index contributed by atoms with van der Waals surface area (Å²) in [5.41, 5.74) is 6.03. The van der Waals surface area contributed by atoms with Crippen molar-refractivity contribution in [2.24, 2.45) is 5.92 Å². The van der Waals surface area contributed by atoms with E-state index < -0.39 is 10.0 Å². The third-order valence-electron chi connectivity index (χ3n) is 3.17. The predicted molar refractivity (Wildman–Crippen MR) is 77.8 cm³/mol. The Balaban J connectivity index is 3.25. The van der Waals surface area contributed by atoms with E-state index in [1.54, 1.807) is 19.2 Å². The molecule has 6 heteroatoms. The minimum Gasteiger partial charge on any atom is -0.398 e. The molecule has 1 rings (SSSR count). The van der Waals surface area contributed by atoms with Crippen molar-refractivity contribution in [3.8, 4) is 0 Å². The molecule has 0 aliphatic carbocycles. The van der Waals surface area contributed by atoms with Gasteiger partial charge in [0.2, 0.25) is 10.0 Å². The summed E-state index contributed by atoms with van der Waals surface area (Å²) in [6, 6.07) is 4.76. The lowest BCUT2D eigenvalue weighted by Crippen LogP contribution is -2.38. The molecule has 102 valence electrons. The van der Waals surface area contributed by atoms with Crippen molar-refractivity contribution in [3.63, 3.8) is 0 Å². The third-order valence-corrected chi connectivity index (χ3v) is 5.66. The fourth-order valence-corrected chi connectivity index (χ4v) is 3.67. The average molecular weight is 335 g/mol. The van der Waals surface area contributed by atoms with E-state index in [2.05, 4.69) is 15.9 Å². The molecule has 0 saturated heterocycles. The van der Waals surface area contributed by atoms with Crippen LogP contribution in [0.2, 0.25) is 0 Å². The van der Waals surface area contributed by atoms with E-state index >= 15 is 0 Å². The number of nitrogen functional groups attached to an aromatic ring is 1. The molecule has 0 saturated carbocycles. The van der Waals surface area contributed by atoms with Crippen molar-refractivity contribution >= 4 is 31.6 Å². The zero-order valence-corrected chi connectivity index (χ0v) is 13.4. The molecule has 0 radical (unpaired) electrons. The quantitative estimate of drug-likeness (QED) is 0.861. The number of nitrogens with zero attached hydrogens (tertiary/aromatic N) is 1. The summed E-state index contributed by atoms with van der Waals surface area (Å²) < 4.78 is 27.0. The summed E-state index contributed by atoms with van der Waals surface area (Å²) in [7, 11) is -1.97. The minimum atomic E-state index is -3.56. The summed E-state index contributed by atoms with van der Waals surface area (Å²) in [6.45, 7) is 5.86. The number of benzene rings is 1. The summed E-state index contributed by atoms with van der Waals surface area (Å²) >= 11 is 3.27. The van der Waals surface area contributed by atoms with Crippen molar-refractivity contribution in [2.45, 2.75) is 31.7 Å². The van der Waals surface area contributed by atoms with E-state index in [9.17, 15) is 8.42 Å². The molecular weight excluding hydrogens is 316 g/mol. The standard InChI is InChI=1S/C12H19BrN2O2S/c1-8(2)9(3)15(4)18(16,17)12-7-10(13)5-6-11(12)14/h5-9H,14H2,1-4H3. The normalized spacial score (nSPS) is 14.2. The summed E-state index contributed by atoms with van der Waals surface area (Å²) in [5.74, 6) is 0.234. The molecule has 0 fully saturated rings. The van der Waals surface area contributed by atoms with Gasteiger partial charge in [-0.15, -0.1) is 0 Å². The van der Waals surface area contributed by atoms with Crippen LogP contribution in [0.3, 0.4) is 0 Å². The Bertz CT molecular complexity index is 529. The lowest BCUT2D eigenvalue weighted by atomic mass is 10.1. The van der Waals surface area contributed by atoms with Crippen LogP contribution in [-0.2, 0) is 10.0 Å². The molecule has 0 spiro atoms. The highest BCUT2D eigenvalue weighted by Gasteiger charge is 2.28. The fourth-order valence-electron chi connectivity index (χ4n) is 1.53. The maximum Gasteiger partial charge on any atom is 0.245 e. The number of halogens is 1. The third kappa shape index (κ3) is 3.05. The molecule has 0 bridgehead atoms. The zero-order chi connectivity index (χ0) is 14.1. The van der Waals surface area contributed by atoms with Gasteiger partial charge >= 0.3 is 0 Å². The smallest absolute Gasteiger partial charge is 0.245 e. The van der Waals surface area contributed by atoms with Crippen LogP contribution in [0.4, 0.5) is 5.69 Å². The molecule has 0 aromatic heterocycles. The minimum absolute atomic E-state index is 0.0895. The molecular formula is C12H19BrN2O2S. The SMILES string of the molecule is CC(C)C(C)N(C)S(=O)(=O)c1cc(Br)ccc1N. The number of hydrogen-bond donors (Lipinski definition) is 1. The van der Waals surface area contributed by atoms with Gasteiger partial charge in [-0.1, -0.05) is 29.8 Å². The van der Waals surface area contributed by atoms with E-state index in [4.69, 9.17) is 5.73 Å². The number of nitrogens with two attached hydrogens (primary N) is 1. The van der Waals surface area contributed by atoms with Crippen molar-refractivity contribution in [3.05, 3.63) is 22.7 Å². The average Bonchev–Trinajstić information content (AvgIpc) is 2.29.